The molecule has 0 spiro atoms. The van der Waals surface area contributed by atoms with E-state index in [1.54, 1.807) is 6.20 Å². The fraction of sp³-hybridized carbons (Fsp3) is 0.400. The van der Waals surface area contributed by atoms with Crippen molar-refractivity contribution in [3.05, 3.63) is 51.8 Å². The molecule has 1 heterocycles. The summed E-state index contributed by atoms with van der Waals surface area (Å²) in [6, 6.07) is 7.95. The van der Waals surface area contributed by atoms with Gasteiger partial charge in [0, 0.05) is 6.54 Å². The molecule has 0 amide bonds. The van der Waals surface area contributed by atoms with Gasteiger partial charge in [-0.1, -0.05) is 36.8 Å². The number of halogens is 1. The van der Waals surface area contributed by atoms with Gasteiger partial charge >= 0.3 is 0 Å². The second kappa shape index (κ2) is 5.47. The van der Waals surface area contributed by atoms with Crippen molar-refractivity contribution >= 4 is 15.9 Å². The first kappa shape index (κ1) is 14.3. The molecular weight excluding hydrogens is 304 g/mol. The smallest absolute Gasteiger partial charge is 0.129 e. The summed E-state index contributed by atoms with van der Waals surface area (Å²) in [6.45, 7) is 6.73. The maximum absolute atomic E-state index is 11.0. The number of nitrogens with zero attached hydrogens (tertiary/aromatic N) is 2. The van der Waals surface area contributed by atoms with Gasteiger partial charge in [-0.15, -0.1) is 0 Å². The van der Waals surface area contributed by atoms with Crippen LogP contribution >= 0.6 is 15.9 Å². The Kier molecular flexibility index (Phi) is 4.11. The second-order valence-corrected chi connectivity index (χ2v) is 5.86. The van der Waals surface area contributed by atoms with Crippen LogP contribution in [0.2, 0.25) is 0 Å². The zero-order chi connectivity index (χ0) is 14.0. The Morgan fingerprint density at radius 1 is 1.42 bits per heavy atom. The third kappa shape index (κ3) is 2.74. The quantitative estimate of drug-likeness (QED) is 0.933. The molecule has 0 saturated heterocycles. The van der Waals surface area contributed by atoms with E-state index in [1.165, 1.54) is 0 Å². The van der Waals surface area contributed by atoms with E-state index in [2.05, 4.69) is 28.0 Å². The molecule has 0 saturated carbocycles. The van der Waals surface area contributed by atoms with Crippen molar-refractivity contribution < 1.29 is 5.11 Å². The van der Waals surface area contributed by atoms with Crippen molar-refractivity contribution in [2.24, 2.45) is 0 Å². The Morgan fingerprint density at radius 2 is 2.16 bits per heavy atom. The molecule has 0 bridgehead atoms. The minimum Gasteiger partial charge on any atom is -0.379 e. The Balaban J connectivity index is 2.52. The number of aryl methyl sites for hydroxylation is 2. The highest BCUT2D eigenvalue weighted by Gasteiger charge is 2.32. The van der Waals surface area contributed by atoms with E-state index in [-0.39, 0.29) is 0 Å². The molecule has 19 heavy (non-hydrogen) atoms. The topological polar surface area (TPSA) is 38.0 Å². The average Bonchev–Trinajstić information content (AvgIpc) is 2.71. The number of hydrogen-bond acceptors (Lipinski definition) is 2. The molecule has 3 nitrogen and oxygen atoms in total. The van der Waals surface area contributed by atoms with Gasteiger partial charge in [-0.3, -0.25) is 4.68 Å². The lowest BCUT2D eigenvalue weighted by atomic mass is 9.91. The molecular formula is C15H19BrN2O. The molecule has 2 rings (SSSR count). The van der Waals surface area contributed by atoms with Gasteiger partial charge in [0.25, 0.3) is 0 Å². The van der Waals surface area contributed by atoms with Gasteiger partial charge in [0.05, 0.1) is 16.4 Å². The Labute approximate surface area is 122 Å². The van der Waals surface area contributed by atoms with E-state index >= 15 is 0 Å². The summed E-state index contributed by atoms with van der Waals surface area (Å²) in [5, 5.41) is 15.3. The first-order chi connectivity index (χ1) is 8.96. The molecule has 1 aromatic heterocycles. The van der Waals surface area contributed by atoms with Crippen LogP contribution in [0, 0.1) is 6.92 Å². The van der Waals surface area contributed by atoms with Crippen LogP contribution in [-0.2, 0) is 12.1 Å². The van der Waals surface area contributed by atoms with Gasteiger partial charge < -0.3 is 5.11 Å². The number of aromatic nitrogens is 2. The molecule has 102 valence electrons. The van der Waals surface area contributed by atoms with E-state index in [0.717, 1.165) is 34.3 Å². The van der Waals surface area contributed by atoms with Crippen LogP contribution in [-0.4, -0.2) is 14.9 Å². The van der Waals surface area contributed by atoms with Gasteiger partial charge in [0.2, 0.25) is 0 Å². The lowest BCUT2D eigenvalue weighted by Crippen LogP contribution is -2.27. The van der Waals surface area contributed by atoms with Crippen molar-refractivity contribution in [3.8, 4) is 0 Å². The van der Waals surface area contributed by atoms with Gasteiger partial charge in [0.1, 0.15) is 5.60 Å². The number of rotatable bonds is 4. The van der Waals surface area contributed by atoms with E-state index in [9.17, 15) is 5.11 Å². The van der Waals surface area contributed by atoms with Crippen LogP contribution in [0.4, 0.5) is 0 Å². The lowest BCUT2D eigenvalue weighted by molar-refractivity contribution is 0.0905. The fourth-order valence-electron chi connectivity index (χ4n) is 2.31. The SMILES string of the molecule is CCCn1ncc(Br)c1C(C)(O)c1cccc(C)c1. The van der Waals surface area contributed by atoms with Gasteiger partial charge in [-0.2, -0.15) is 5.10 Å². The zero-order valence-corrected chi connectivity index (χ0v) is 13.1. The van der Waals surface area contributed by atoms with Crippen LogP contribution in [0.3, 0.4) is 0 Å². The van der Waals surface area contributed by atoms with Crippen molar-refractivity contribution in [3.63, 3.8) is 0 Å². The molecule has 1 atom stereocenters. The fourth-order valence-corrected chi connectivity index (χ4v) is 2.99. The molecule has 1 aromatic carbocycles. The summed E-state index contributed by atoms with van der Waals surface area (Å²) >= 11 is 3.50. The zero-order valence-electron chi connectivity index (χ0n) is 11.5. The molecule has 1 unspecified atom stereocenters. The average molecular weight is 323 g/mol. The van der Waals surface area contributed by atoms with Gasteiger partial charge in [-0.05, 0) is 41.8 Å². The Hall–Kier alpha value is -1.13. The van der Waals surface area contributed by atoms with Crippen LogP contribution in [0.5, 0.6) is 0 Å². The minimum atomic E-state index is -1.06. The number of benzene rings is 1. The maximum Gasteiger partial charge on any atom is 0.129 e. The predicted octanol–water partition coefficient (Wildman–Crippen LogP) is 3.62. The molecule has 0 aliphatic rings. The summed E-state index contributed by atoms with van der Waals surface area (Å²) in [7, 11) is 0. The summed E-state index contributed by atoms with van der Waals surface area (Å²) in [5.74, 6) is 0. The van der Waals surface area contributed by atoms with Crippen LogP contribution < -0.4 is 0 Å². The highest BCUT2D eigenvalue weighted by Crippen LogP contribution is 2.34. The molecule has 0 aliphatic heterocycles. The normalized spacial score (nSPS) is 14.4. The highest BCUT2D eigenvalue weighted by molar-refractivity contribution is 9.10. The molecule has 0 radical (unpaired) electrons. The molecule has 1 N–H and O–H groups in total. The van der Waals surface area contributed by atoms with E-state index < -0.39 is 5.60 Å². The first-order valence-electron chi connectivity index (χ1n) is 6.48. The predicted molar refractivity (Wildman–Crippen MR) is 80.1 cm³/mol. The molecule has 0 fully saturated rings. The third-order valence-corrected chi connectivity index (χ3v) is 3.85. The third-order valence-electron chi connectivity index (χ3n) is 3.27. The van der Waals surface area contributed by atoms with Crippen molar-refractivity contribution in [2.75, 3.05) is 0 Å². The Morgan fingerprint density at radius 3 is 2.79 bits per heavy atom. The lowest BCUT2D eigenvalue weighted by Gasteiger charge is -2.26. The first-order valence-corrected chi connectivity index (χ1v) is 7.27. The minimum absolute atomic E-state index is 0.795. The summed E-state index contributed by atoms with van der Waals surface area (Å²) in [4.78, 5) is 0. The maximum atomic E-state index is 11.0. The second-order valence-electron chi connectivity index (χ2n) is 5.01. The van der Waals surface area contributed by atoms with Crippen LogP contribution in [0.1, 0.15) is 37.1 Å². The van der Waals surface area contributed by atoms with Gasteiger partial charge in [-0.25, -0.2) is 0 Å². The Bertz CT molecular complexity index is 575. The van der Waals surface area contributed by atoms with E-state index in [1.807, 2.05) is 42.8 Å². The van der Waals surface area contributed by atoms with Crippen molar-refractivity contribution in [1.29, 1.82) is 0 Å². The molecule has 2 aromatic rings. The van der Waals surface area contributed by atoms with Crippen LogP contribution in [0.15, 0.2) is 34.9 Å². The number of hydrogen-bond donors (Lipinski definition) is 1. The van der Waals surface area contributed by atoms with E-state index in [4.69, 9.17) is 0 Å². The van der Waals surface area contributed by atoms with Crippen molar-refractivity contribution in [1.82, 2.24) is 9.78 Å². The largest absolute Gasteiger partial charge is 0.379 e. The summed E-state index contributed by atoms with van der Waals surface area (Å²) < 4.78 is 2.71. The van der Waals surface area contributed by atoms with Crippen molar-refractivity contribution in [2.45, 2.75) is 39.3 Å². The van der Waals surface area contributed by atoms with Crippen LogP contribution in [0.25, 0.3) is 0 Å². The number of aliphatic hydroxyl groups is 1. The highest BCUT2D eigenvalue weighted by atomic mass is 79.9. The molecule has 0 aliphatic carbocycles. The standard InChI is InChI=1S/C15H19BrN2O/c1-4-8-18-14(13(16)10-17-18)15(3,19)12-7-5-6-11(2)9-12/h5-7,9-10,19H,4,8H2,1-3H3. The summed E-state index contributed by atoms with van der Waals surface area (Å²) in [5.41, 5.74) is 1.76. The monoisotopic (exact) mass is 322 g/mol. The molecule has 4 heteroatoms. The van der Waals surface area contributed by atoms with Gasteiger partial charge in [0.15, 0.2) is 0 Å². The van der Waals surface area contributed by atoms with E-state index in [0.29, 0.717) is 0 Å². The summed E-state index contributed by atoms with van der Waals surface area (Å²) in [6.07, 6.45) is 2.72.